The molecule has 19 heavy (non-hydrogen) atoms. The van der Waals surface area contributed by atoms with Crippen molar-refractivity contribution in [3.05, 3.63) is 0 Å². The second-order valence-corrected chi connectivity index (χ2v) is 5.30. The molecule has 0 saturated carbocycles. The van der Waals surface area contributed by atoms with Crippen LogP contribution in [0.5, 0.6) is 0 Å². The fourth-order valence-electron chi connectivity index (χ4n) is 2.91. The second-order valence-electron chi connectivity index (χ2n) is 5.30. The Morgan fingerprint density at radius 3 is 2.42 bits per heavy atom. The topological polar surface area (TPSA) is 64.1 Å². The van der Waals surface area contributed by atoms with E-state index in [1.807, 2.05) is 0 Å². The van der Waals surface area contributed by atoms with Gasteiger partial charge in [-0.3, -0.25) is 4.90 Å². The van der Waals surface area contributed by atoms with Crippen LogP contribution in [0.4, 0.5) is 4.79 Å². The molecule has 0 spiro atoms. The number of piperazine rings is 1. The van der Waals surface area contributed by atoms with Crippen LogP contribution in [0, 0.1) is 0 Å². The quantitative estimate of drug-likeness (QED) is 0.818. The first-order valence-electron chi connectivity index (χ1n) is 7.14. The van der Waals surface area contributed by atoms with Gasteiger partial charge < -0.3 is 14.9 Å². The average Bonchev–Trinajstić information content (AvgIpc) is 2.88. The van der Waals surface area contributed by atoms with Crippen LogP contribution in [-0.4, -0.2) is 77.1 Å². The molecule has 1 atom stereocenters. The monoisotopic (exact) mass is 269 g/mol. The van der Waals surface area contributed by atoms with Crippen molar-refractivity contribution in [3.8, 4) is 0 Å². The van der Waals surface area contributed by atoms with Gasteiger partial charge in [0.25, 0.3) is 0 Å². The molecule has 2 rings (SSSR count). The lowest BCUT2D eigenvalue weighted by Gasteiger charge is -2.37. The predicted molar refractivity (Wildman–Crippen MR) is 71.1 cm³/mol. The molecule has 6 heteroatoms. The highest BCUT2D eigenvalue weighted by atomic mass is 16.4. The molecule has 0 aliphatic carbocycles. The van der Waals surface area contributed by atoms with E-state index in [0.717, 1.165) is 32.5 Å². The smallest absolute Gasteiger partial charge is 0.326 e. The number of carboxylic acids is 1. The van der Waals surface area contributed by atoms with Crippen LogP contribution in [0.15, 0.2) is 0 Å². The van der Waals surface area contributed by atoms with Crippen LogP contribution >= 0.6 is 0 Å². The number of rotatable bonds is 3. The fraction of sp³-hybridized carbons (Fsp3) is 0.846. The van der Waals surface area contributed by atoms with Crippen molar-refractivity contribution in [1.82, 2.24) is 14.7 Å². The number of carboxylic acid groups (broad SMARTS) is 1. The summed E-state index contributed by atoms with van der Waals surface area (Å²) in [5.74, 6) is -0.879. The van der Waals surface area contributed by atoms with E-state index in [0.29, 0.717) is 26.1 Å². The number of urea groups is 1. The molecule has 2 amide bonds. The average molecular weight is 269 g/mol. The number of aliphatic carboxylic acids is 1. The summed E-state index contributed by atoms with van der Waals surface area (Å²) < 4.78 is 0. The standard InChI is InChI=1S/C13H23N3O3/c1-2-5-14-7-9-15(10-8-14)13(19)16-6-3-4-11(16)12(17)18/h11H,2-10H2,1H3,(H,17,18)/t11-/m1/s1. The predicted octanol–water partition coefficient (Wildman–Crippen LogP) is 0.683. The van der Waals surface area contributed by atoms with Gasteiger partial charge in [0.1, 0.15) is 6.04 Å². The Morgan fingerprint density at radius 1 is 1.16 bits per heavy atom. The number of carbonyl (C=O) groups is 2. The summed E-state index contributed by atoms with van der Waals surface area (Å²) in [6.45, 7) is 7.01. The Morgan fingerprint density at radius 2 is 1.84 bits per heavy atom. The molecule has 2 fully saturated rings. The number of hydrogen-bond acceptors (Lipinski definition) is 3. The summed E-state index contributed by atoms with van der Waals surface area (Å²) in [4.78, 5) is 29.1. The van der Waals surface area contributed by atoms with E-state index in [-0.39, 0.29) is 6.03 Å². The van der Waals surface area contributed by atoms with Gasteiger partial charge in [-0.2, -0.15) is 0 Å². The molecule has 0 radical (unpaired) electrons. The van der Waals surface area contributed by atoms with Crippen molar-refractivity contribution in [3.63, 3.8) is 0 Å². The van der Waals surface area contributed by atoms with Gasteiger partial charge in [0, 0.05) is 32.7 Å². The van der Waals surface area contributed by atoms with Crippen LogP contribution in [0.1, 0.15) is 26.2 Å². The Labute approximate surface area is 114 Å². The molecule has 0 bridgehead atoms. The molecule has 1 N–H and O–H groups in total. The van der Waals surface area contributed by atoms with E-state index in [2.05, 4.69) is 11.8 Å². The Kier molecular flexibility index (Phi) is 4.63. The van der Waals surface area contributed by atoms with Gasteiger partial charge in [-0.25, -0.2) is 9.59 Å². The molecule has 2 aliphatic heterocycles. The van der Waals surface area contributed by atoms with Gasteiger partial charge in [0.15, 0.2) is 0 Å². The van der Waals surface area contributed by atoms with Crippen molar-refractivity contribution in [2.45, 2.75) is 32.2 Å². The molecular weight excluding hydrogens is 246 g/mol. The third kappa shape index (κ3) is 3.18. The zero-order valence-electron chi connectivity index (χ0n) is 11.5. The van der Waals surface area contributed by atoms with Crippen molar-refractivity contribution in [2.75, 3.05) is 39.3 Å². The molecule has 0 aromatic carbocycles. The first-order valence-corrected chi connectivity index (χ1v) is 7.14. The highest BCUT2D eigenvalue weighted by molar-refractivity contribution is 5.83. The van der Waals surface area contributed by atoms with Gasteiger partial charge in [0.2, 0.25) is 0 Å². The minimum atomic E-state index is -0.879. The lowest BCUT2D eigenvalue weighted by atomic mass is 10.2. The number of likely N-dealkylation sites (tertiary alicyclic amines) is 1. The largest absolute Gasteiger partial charge is 0.480 e. The molecule has 0 aromatic rings. The molecule has 2 saturated heterocycles. The molecular formula is C13H23N3O3. The first kappa shape index (κ1) is 14.1. The maximum Gasteiger partial charge on any atom is 0.326 e. The van der Waals surface area contributed by atoms with E-state index < -0.39 is 12.0 Å². The second kappa shape index (κ2) is 6.23. The molecule has 2 heterocycles. The summed E-state index contributed by atoms with van der Waals surface area (Å²) in [5, 5.41) is 9.12. The third-order valence-corrected chi connectivity index (χ3v) is 3.97. The van der Waals surface area contributed by atoms with Crippen LogP contribution in [0.2, 0.25) is 0 Å². The van der Waals surface area contributed by atoms with Crippen LogP contribution in [0.3, 0.4) is 0 Å². The van der Waals surface area contributed by atoms with Crippen molar-refractivity contribution < 1.29 is 14.7 Å². The Balaban J connectivity index is 1.89. The van der Waals surface area contributed by atoms with Crippen molar-refractivity contribution in [1.29, 1.82) is 0 Å². The zero-order chi connectivity index (χ0) is 13.8. The van der Waals surface area contributed by atoms with Crippen LogP contribution in [0.25, 0.3) is 0 Å². The summed E-state index contributed by atoms with van der Waals surface area (Å²) in [6, 6.07) is -0.720. The van der Waals surface area contributed by atoms with Crippen molar-refractivity contribution >= 4 is 12.0 Å². The number of hydrogen-bond donors (Lipinski definition) is 1. The first-order chi connectivity index (χ1) is 9.13. The van der Waals surface area contributed by atoms with Gasteiger partial charge in [-0.1, -0.05) is 6.92 Å². The van der Waals surface area contributed by atoms with E-state index in [9.17, 15) is 9.59 Å². The minimum Gasteiger partial charge on any atom is -0.480 e. The normalized spacial score (nSPS) is 24.8. The third-order valence-electron chi connectivity index (χ3n) is 3.97. The lowest BCUT2D eigenvalue weighted by molar-refractivity contribution is -0.141. The van der Waals surface area contributed by atoms with Crippen LogP contribution < -0.4 is 0 Å². The number of amides is 2. The van der Waals surface area contributed by atoms with Gasteiger partial charge in [0.05, 0.1) is 0 Å². The number of carbonyl (C=O) groups excluding carboxylic acids is 1. The Hall–Kier alpha value is -1.30. The maximum atomic E-state index is 12.3. The van der Waals surface area contributed by atoms with Gasteiger partial charge in [-0.05, 0) is 25.8 Å². The highest BCUT2D eigenvalue weighted by Gasteiger charge is 2.36. The SMILES string of the molecule is CCCN1CCN(C(=O)N2CCC[C@@H]2C(=O)O)CC1. The van der Waals surface area contributed by atoms with Crippen LogP contribution in [-0.2, 0) is 4.79 Å². The zero-order valence-corrected chi connectivity index (χ0v) is 11.5. The fourth-order valence-corrected chi connectivity index (χ4v) is 2.91. The maximum absolute atomic E-state index is 12.3. The highest BCUT2D eigenvalue weighted by Crippen LogP contribution is 2.20. The van der Waals surface area contributed by atoms with E-state index >= 15 is 0 Å². The summed E-state index contributed by atoms with van der Waals surface area (Å²) in [7, 11) is 0. The van der Waals surface area contributed by atoms with Gasteiger partial charge in [-0.15, -0.1) is 0 Å². The molecule has 0 aromatic heterocycles. The molecule has 108 valence electrons. The summed E-state index contributed by atoms with van der Waals surface area (Å²) in [6.07, 6.45) is 2.50. The summed E-state index contributed by atoms with van der Waals surface area (Å²) >= 11 is 0. The van der Waals surface area contributed by atoms with Crippen molar-refractivity contribution in [2.24, 2.45) is 0 Å². The van der Waals surface area contributed by atoms with E-state index in [1.165, 1.54) is 4.90 Å². The summed E-state index contributed by atoms with van der Waals surface area (Å²) in [5.41, 5.74) is 0. The Bertz CT molecular complexity index is 340. The lowest BCUT2D eigenvalue weighted by Crippen LogP contribution is -2.54. The minimum absolute atomic E-state index is 0.0963. The van der Waals surface area contributed by atoms with Gasteiger partial charge >= 0.3 is 12.0 Å². The molecule has 6 nitrogen and oxygen atoms in total. The molecule has 2 aliphatic rings. The van der Waals surface area contributed by atoms with E-state index in [1.54, 1.807) is 4.90 Å². The molecule has 0 unspecified atom stereocenters. The number of nitrogens with zero attached hydrogens (tertiary/aromatic N) is 3. The van der Waals surface area contributed by atoms with E-state index in [4.69, 9.17) is 5.11 Å².